The van der Waals surface area contributed by atoms with Crippen LogP contribution >= 0.6 is 11.6 Å². The second-order valence-electron chi connectivity index (χ2n) is 4.20. The zero-order valence-electron chi connectivity index (χ0n) is 11.1. The van der Waals surface area contributed by atoms with Crippen molar-refractivity contribution >= 4 is 17.6 Å². The average Bonchev–Trinajstić information content (AvgIpc) is 2.46. The van der Waals surface area contributed by atoms with Crippen molar-refractivity contribution in [2.45, 2.75) is 6.61 Å². The summed E-state index contributed by atoms with van der Waals surface area (Å²) in [5.74, 6) is -1.41. The summed E-state index contributed by atoms with van der Waals surface area (Å²) in [6.07, 6.45) is 0. The Bertz CT molecular complexity index is 673. The molecular weight excluding hydrogens is 299 g/mol. The van der Waals surface area contributed by atoms with Gasteiger partial charge < -0.3 is 14.6 Å². The van der Waals surface area contributed by atoms with E-state index in [0.29, 0.717) is 16.3 Å². The van der Waals surface area contributed by atoms with Crippen LogP contribution in [0.5, 0.6) is 11.5 Å². The minimum absolute atomic E-state index is 0.0398. The molecule has 2 aromatic rings. The van der Waals surface area contributed by atoms with Crippen molar-refractivity contribution in [3.05, 3.63) is 58.4 Å². The number of ether oxygens (including phenoxy) is 2. The molecule has 2 aromatic carbocycles. The lowest BCUT2D eigenvalue weighted by molar-refractivity contribution is 0.0696. The van der Waals surface area contributed by atoms with Gasteiger partial charge in [0.25, 0.3) is 0 Å². The summed E-state index contributed by atoms with van der Waals surface area (Å²) < 4.78 is 24.2. The summed E-state index contributed by atoms with van der Waals surface area (Å²) in [7, 11) is 1.51. The smallest absolute Gasteiger partial charge is 0.335 e. The fraction of sp³-hybridized carbons (Fsp3) is 0.133. The molecule has 0 aliphatic heterocycles. The SMILES string of the molecule is COc1ccc(Cl)cc1COc1ccc(C(=O)O)cc1F. The molecule has 0 saturated heterocycles. The van der Waals surface area contributed by atoms with E-state index in [1.807, 2.05) is 0 Å². The van der Waals surface area contributed by atoms with Gasteiger partial charge in [0.1, 0.15) is 12.4 Å². The lowest BCUT2D eigenvalue weighted by Gasteiger charge is -2.11. The second-order valence-corrected chi connectivity index (χ2v) is 4.63. The molecule has 0 unspecified atom stereocenters. The van der Waals surface area contributed by atoms with Gasteiger partial charge in [-0.15, -0.1) is 0 Å². The Labute approximate surface area is 125 Å². The molecule has 4 nitrogen and oxygen atoms in total. The van der Waals surface area contributed by atoms with E-state index in [9.17, 15) is 9.18 Å². The average molecular weight is 311 g/mol. The van der Waals surface area contributed by atoms with Crippen LogP contribution in [0.4, 0.5) is 4.39 Å². The van der Waals surface area contributed by atoms with Crippen LogP contribution in [0.15, 0.2) is 36.4 Å². The number of hydrogen-bond acceptors (Lipinski definition) is 3. The number of rotatable bonds is 5. The van der Waals surface area contributed by atoms with Crippen LogP contribution < -0.4 is 9.47 Å². The molecule has 6 heteroatoms. The van der Waals surface area contributed by atoms with Crippen LogP contribution in [0, 0.1) is 5.82 Å². The zero-order chi connectivity index (χ0) is 15.4. The van der Waals surface area contributed by atoms with Crippen LogP contribution in [-0.2, 0) is 6.61 Å². The quantitative estimate of drug-likeness (QED) is 0.913. The van der Waals surface area contributed by atoms with Gasteiger partial charge in [0.05, 0.1) is 12.7 Å². The third-order valence-electron chi connectivity index (χ3n) is 2.80. The largest absolute Gasteiger partial charge is 0.496 e. The van der Waals surface area contributed by atoms with Gasteiger partial charge in [-0.1, -0.05) is 11.6 Å². The van der Waals surface area contributed by atoms with Gasteiger partial charge in [-0.2, -0.15) is 0 Å². The highest BCUT2D eigenvalue weighted by molar-refractivity contribution is 6.30. The number of aromatic carboxylic acids is 1. The Morgan fingerprint density at radius 1 is 1.24 bits per heavy atom. The molecule has 0 atom stereocenters. The Morgan fingerprint density at radius 2 is 1.95 bits per heavy atom. The first-order valence-corrected chi connectivity index (χ1v) is 6.37. The number of hydrogen-bond donors (Lipinski definition) is 1. The predicted octanol–water partition coefficient (Wildman–Crippen LogP) is 3.76. The third-order valence-corrected chi connectivity index (χ3v) is 3.04. The van der Waals surface area contributed by atoms with E-state index in [-0.39, 0.29) is 17.9 Å². The van der Waals surface area contributed by atoms with Gasteiger partial charge in [-0.25, -0.2) is 9.18 Å². The van der Waals surface area contributed by atoms with Gasteiger partial charge in [0.15, 0.2) is 11.6 Å². The summed E-state index contributed by atoms with van der Waals surface area (Å²) in [6.45, 7) is 0.0487. The van der Waals surface area contributed by atoms with E-state index < -0.39 is 11.8 Å². The summed E-state index contributed by atoms with van der Waals surface area (Å²) in [5.41, 5.74) is 0.520. The Balaban J connectivity index is 2.17. The van der Waals surface area contributed by atoms with Crippen molar-refractivity contribution in [3.8, 4) is 11.5 Å². The molecule has 0 aliphatic rings. The van der Waals surface area contributed by atoms with Crippen molar-refractivity contribution in [1.29, 1.82) is 0 Å². The van der Waals surface area contributed by atoms with Crippen LogP contribution in [0.3, 0.4) is 0 Å². The maximum absolute atomic E-state index is 13.7. The predicted molar refractivity (Wildman–Crippen MR) is 75.7 cm³/mol. The molecule has 0 aliphatic carbocycles. The molecule has 2 rings (SSSR count). The standard InChI is InChI=1S/C15H12ClFO4/c1-20-13-5-3-11(16)6-10(13)8-21-14-4-2-9(15(18)19)7-12(14)17/h2-7H,8H2,1H3,(H,18,19). The molecule has 0 amide bonds. The van der Waals surface area contributed by atoms with Crippen molar-refractivity contribution in [2.75, 3.05) is 7.11 Å². The highest BCUT2D eigenvalue weighted by Gasteiger charge is 2.11. The van der Waals surface area contributed by atoms with Gasteiger partial charge in [0, 0.05) is 10.6 Å². The Kier molecular flexibility index (Phi) is 4.65. The summed E-state index contributed by atoms with van der Waals surface area (Å²) in [4.78, 5) is 10.7. The molecule has 0 bridgehead atoms. The molecule has 0 saturated carbocycles. The molecule has 0 fully saturated rings. The highest BCUT2D eigenvalue weighted by atomic mass is 35.5. The van der Waals surface area contributed by atoms with E-state index >= 15 is 0 Å². The second kappa shape index (κ2) is 6.45. The number of halogens is 2. The van der Waals surface area contributed by atoms with Gasteiger partial charge >= 0.3 is 5.97 Å². The first kappa shape index (κ1) is 15.1. The van der Waals surface area contributed by atoms with Crippen molar-refractivity contribution in [2.24, 2.45) is 0 Å². The van der Waals surface area contributed by atoms with Crippen LogP contribution in [-0.4, -0.2) is 18.2 Å². The topological polar surface area (TPSA) is 55.8 Å². The molecular formula is C15H12ClFO4. The first-order chi connectivity index (χ1) is 10.0. The zero-order valence-corrected chi connectivity index (χ0v) is 11.9. The minimum Gasteiger partial charge on any atom is -0.496 e. The van der Waals surface area contributed by atoms with Crippen LogP contribution in [0.1, 0.15) is 15.9 Å². The first-order valence-electron chi connectivity index (χ1n) is 5.99. The molecule has 0 spiro atoms. The molecule has 0 aromatic heterocycles. The Morgan fingerprint density at radius 3 is 2.57 bits per heavy atom. The minimum atomic E-state index is -1.20. The van der Waals surface area contributed by atoms with Crippen molar-refractivity contribution < 1.29 is 23.8 Å². The maximum atomic E-state index is 13.7. The lowest BCUT2D eigenvalue weighted by Crippen LogP contribution is -2.02. The van der Waals surface area contributed by atoms with E-state index in [1.54, 1.807) is 18.2 Å². The van der Waals surface area contributed by atoms with Crippen molar-refractivity contribution in [1.82, 2.24) is 0 Å². The number of carboxylic acids is 1. The monoisotopic (exact) mass is 310 g/mol. The highest BCUT2D eigenvalue weighted by Crippen LogP contribution is 2.25. The molecule has 1 N–H and O–H groups in total. The Hall–Kier alpha value is -2.27. The molecule has 0 radical (unpaired) electrons. The van der Waals surface area contributed by atoms with E-state index in [1.165, 1.54) is 19.2 Å². The normalized spacial score (nSPS) is 10.2. The van der Waals surface area contributed by atoms with E-state index in [0.717, 1.165) is 6.07 Å². The summed E-state index contributed by atoms with van der Waals surface area (Å²) in [5, 5.41) is 9.28. The number of methoxy groups -OCH3 is 1. The summed E-state index contributed by atoms with van der Waals surface area (Å²) in [6, 6.07) is 8.47. The van der Waals surface area contributed by atoms with E-state index in [2.05, 4.69) is 0 Å². The maximum Gasteiger partial charge on any atom is 0.335 e. The van der Waals surface area contributed by atoms with Gasteiger partial charge in [-0.05, 0) is 36.4 Å². The number of carbonyl (C=O) groups is 1. The van der Waals surface area contributed by atoms with Gasteiger partial charge in [-0.3, -0.25) is 0 Å². The lowest BCUT2D eigenvalue weighted by atomic mass is 10.2. The fourth-order valence-corrected chi connectivity index (χ4v) is 1.96. The number of carboxylic acid groups (broad SMARTS) is 1. The van der Waals surface area contributed by atoms with E-state index in [4.69, 9.17) is 26.2 Å². The molecule has 0 heterocycles. The van der Waals surface area contributed by atoms with Crippen LogP contribution in [0.2, 0.25) is 5.02 Å². The molecule has 21 heavy (non-hydrogen) atoms. The number of benzene rings is 2. The third kappa shape index (κ3) is 3.64. The molecule has 110 valence electrons. The van der Waals surface area contributed by atoms with Gasteiger partial charge in [0.2, 0.25) is 0 Å². The fourth-order valence-electron chi connectivity index (χ4n) is 1.77. The van der Waals surface area contributed by atoms with Crippen LogP contribution in [0.25, 0.3) is 0 Å². The summed E-state index contributed by atoms with van der Waals surface area (Å²) >= 11 is 5.89. The van der Waals surface area contributed by atoms with Crippen molar-refractivity contribution in [3.63, 3.8) is 0 Å².